The minimum Gasteiger partial charge on any atom is -0.263 e. The average molecular weight is 424 g/mol. The molecule has 2 heterocycles. The van der Waals surface area contributed by atoms with Crippen LogP contribution in [-0.4, -0.2) is 45.8 Å². The smallest absolute Gasteiger partial charge is 0.244 e. The van der Waals surface area contributed by atoms with Gasteiger partial charge in [-0.05, 0) is 43.4 Å². The molecule has 1 aromatic carbocycles. The van der Waals surface area contributed by atoms with Crippen molar-refractivity contribution in [1.82, 2.24) is 14.0 Å². The molecule has 0 atom stereocenters. The largest absolute Gasteiger partial charge is 0.263 e. The second kappa shape index (κ2) is 8.69. The molecule has 0 spiro atoms. The topological polar surface area (TPSA) is 96.4 Å². The van der Waals surface area contributed by atoms with E-state index in [0.717, 1.165) is 11.1 Å². The molecule has 1 aliphatic rings. The summed E-state index contributed by atoms with van der Waals surface area (Å²) in [6.45, 7) is 3.01. The van der Waals surface area contributed by atoms with Gasteiger partial charge in [0.05, 0.1) is 5.75 Å². The van der Waals surface area contributed by atoms with Crippen molar-refractivity contribution in [2.45, 2.75) is 30.4 Å². The lowest BCUT2D eigenvalue weighted by Crippen LogP contribution is -2.41. The van der Waals surface area contributed by atoms with Gasteiger partial charge in [0.15, 0.2) is 0 Å². The number of pyridine rings is 1. The van der Waals surface area contributed by atoms with Crippen LogP contribution in [0.4, 0.5) is 0 Å². The third-order valence-corrected chi connectivity index (χ3v) is 8.08. The number of hydrogen-bond acceptors (Lipinski definition) is 5. The third-order valence-electron chi connectivity index (χ3n) is 4.88. The van der Waals surface area contributed by atoms with Gasteiger partial charge in [-0.2, -0.15) is 4.31 Å². The molecule has 9 heteroatoms. The summed E-state index contributed by atoms with van der Waals surface area (Å²) in [6.07, 6.45) is 4.12. The van der Waals surface area contributed by atoms with Gasteiger partial charge >= 0.3 is 0 Å². The van der Waals surface area contributed by atoms with Crippen molar-refractivity contribution in [1.29, 1.82) is 0 Å². The number of nitrogens with zero attached hydrogens (tertiary/aromatic N) is 2. The zero-order valence-electron chi connectivity index (χ0n) is 15.8. The lowest BCUT2D eigenvalue weighted by molar-refractivity contribution is 0.274. The number of aromatic nitrogens is 1. The molecule has 0 radical (unpaired) electrons. The number of benzene rings is 1. The Labute approximate surface area is 166 Å². The fraction of sp³-hybridized carbons (Fsp3) is 0.421. The van der Waals surface area contributed by atoms with E-state index in [4.69, 9.17) is 0 Å². The molecule has 28 heavy (non-hydrogen) atoms. The molecule has 1 fully saturated rings. The van der Waals surface area contributed by atoms with E-state index >= 15 is 0 Å². The first kappa shape index (κ1) is 20.9. The van der Waals surface area contributed by atoms with Crippen molar-refractivity contribution >= 4 is 20.0 Å². The predicted molar refractivity (Wildman–Crippen MR) is 108 cm³/mol. The molecular formula is C19H25N3O4S2. The van der Waals surface area contributed by atoms with E-state index in [1.165, 1.54) is 22.8 Å². The molecule has 7 nitrogen and oxygen atoms in total. The molecule has 0 bridgehead atoms. The van der Waals surface area contributed by atoms with Crippen molar-refractivity contribution in [3.8, 4) is 0 Å². The van der Waals surface area contributed by atoms with Gasteiger partial charge in [-0.25, -0.2) is 21.6 Å². The number of piperidine rings is 1. The Balaban J connectivity index is 1.52. The zero-order valence-corrected chi connectivity index (χ0v) is 17.4. The molecule has 3 rings (SSSR count). The highest BCUT2D eigenvalue weighted by molar-refractivity contribution is 7.89. The summed E-state index contributed by atoms with van der Waals surface area (Å²) in [5.74, 6) is 0.0655. The molecule has 1 aliphatic heterocycles. The van der Waals surface area contributed by atoms with E-state index < -0.39 is 20.0 Å². The van der Waals surface area contributed by atoms with Gasteiger partial charge in [-0.3, -0.25) is 4.98 Å². The van der Waals surface area contributed by atoms with Crippen LogP contribution in [0.25, 0.3) is 0 Å². The molecule has 0 saturated carbocycles. The lowest BCUT2D eigenvalue weighted by atomic mass is 9.99. The van der Waals surface area contributed by atoms with Crippen LogP contribution >= 0.6 is 0 Å². The molecular weight excluding hydrogens is 398 g/mol. The lowest BCUT2D eigenvalue weighted by Gasteiger charge is -2.31. The summed E-state index contributed by atoms with van der Waals surface area (Å²) in [7, 11) is -6.97. The molecule has 1 saturated heterocycles. The molecule has 0 amide bonds. The minimum absolute atomic E-state index is 0.0527. The highest BCUT2D eigenvalue weighted by Gasteiger charge is 2.30. The molecule has 0 unspecified atom stereocenters. The first-order valence-corrected chi connectivity index (χ1v) is 12.3. The van der Waals surface area contributed by atoms with Gasteiger partial charge in [-0.15, -0.1) is 0 Å². The Hall–Kier alpha value is -1.81. The second-order valence-electron chi connectivity index (χ2n) is 7.13. The van der Waals surface area contributed by atoms with Crippen molar-refractivity contribution in [3.05, 3.63) is 59.9 Å². The maximum absolute atomic E-state index is 12.6. The standard InChI is InChI=1S/C19H25N3O4S2/c1-16-4-2-5-18(12-16)15-27(23,24)21-13-17-7-10-22(11-8-17)28(25,26)19-6-3-9-20-14-19/h2-6,9,12,14,17,21H,7-8,10-11,13,15H2,1H3. The van der Waals surface area contributed by atoms with Crippen molar-refractivity contribution in [3.63, 3.8) is 0 Å². The van der Waals surface area contributed by atoms with Crippen LogP contribution in [0.3, 0.4) is 0 Å². The average Bonchev–Trinajstić information content (AvgIpc) is 2.67. The Morgan fingerprint density at radius 2 is 1.86 bits per heavy atom. The van der Waals surface area contributed by atoms with E-state index in [1.807, 2.05) is 25.1 Å². The van der Waals surface area contributed by atoms with Gasteiger partial charge in [0.1, 0.15) is 4.90 Å². The quantitative estimate of drug-likeness (QED) is 0.734. The van der Waals surface area contributed by atoms with Crippen molar-refractivity contribution in [2.24, 2.45) is 5.92 Å². The number of hydrogen-bond donors (Lipinski definition) is 1. The van der Waals surface area contributed by atoms with Crippen LogP contribution in [0, 0.1) is 12.8 Å². The maximum atomic E-state index is 12.6. The Morgan fingerprint density at radius 1 is 1.11 bits per heavy atom. The van der Waals surface area contributed by atoms with Crippen LogP contribution in [0.5, 0.6) is 0 Å². The summed E-state index contributed by atoms with van der Waals surface area (Å²) in [5.41, 5.74) is 1.78. The Morgan fingerprint density at radius 3 is 2.50 bits per heavy atom. The summed E-state index contributed by atoms with van der Waals surface area (Å²) in [5, 5.41) is 0. The fourth-order valence-electron chi connectivity index (χ4n) is 3.32. The van der Waals surface area contributed by atoms with E-state index in [-0.39, 0.29) is 16.6 Å². The second-order valence-corrected chi connectivity index (χ2v) is 10.9. The Bertz CT molecular complexity index is 1000. The normalized spacial score (nSPS) is 16.9. The van der Waals surface area contributed by atoms with Crippen molar-refractivity contribution in [2.75, 3.05) is 19.6 Å². The van der Waals surface area contributed by atoms with Gasteiger partial charge in [0.2, 0.25) is 20.0 Å². The van der Waals surface area contributed by atoms with E-state index in [9.17, 15) is 16.8 Å². The highest BCUT2D eigenvalue weighted by atomic mass is 32.2. The number of nitrogens with one attached hydrogen (secondary N) is 1. The molecule has 1 N–H and O–H groups in total. The summed E-state index contributed by atoms with van der Waals surface area (Å²) < 4.78 is 54.0. The maximum Gasteiger partial charge on any atom is 0.244 e. The third kappa shape index (κ3) is 5.38. The SMILES string of the molecule is Cc1cccc(CS(=O)(=O)NCC2CCN(S(=O)(=O)c3cccnc3)CC2)c1. The van der Waals surface area contributed by atoms with E-state index in [1.54, 1.807) is 12.1 Å². The highest BCUT2D eigenvalue weighted by Crippen LogP contribution is 2.23. The van der Waals surface area contributed by atoms with Crippen LogP contribution in [0.15, 0.2) is 53.7 Å². The molecule has 152 valence electrons. The first-order valence-electron chi connectivity index (χ1n) is 9.19. The van der Waals surface area contributed by atoms with Crippen LogP contribution in [0.1, 0.15) is 24.0 Å². The first-order chi connectivity index (χ1) is 13.3. The van der Waals surface area contributed by atoms with Gasteiger partial charge in [-0.1, -0.05) is 29.8 Å². The van der Waals surface area contributed by atoms with Crippen LogP contribution in [-0.2, 0) is 25.8 Å². The number of aryl methyl sites for hydroxylation is 1. The van der Waals surface area contributed by atoms with Crippen molar-refractivity contribution < 1.29 is 16.8 Å². The Kier molecular flexibility index (Phi) is 6.49. The van der Waals surface area contributed by atoms with E-state index in [0.29, 0.717) is 32.5 Å². The minimum atomic E-state index is -3.54. The summed E-state index contributed by atoms with van der Waals surface area (Å²) in [4.78, 5) is 4.06. The van der Waals surface area contributed by atoms with Crippen LogP contribution in [0.2, 0.25) is 0 Å². The van der Waals surface area contributed by atoms with Gasteiger partial charge in [0.25, 0.3) is 0 Å². The predicted octanol–water partition coefficient (Wildman–Crippen LogP) is 1.91. The molecule has 1 aromatic heterocycles. The van der Waals surface area contributed by atoms with Gasteiger partial charge in [0, 0.05) is 32.0 Å². The molecule has 0 aliphatic carbocycles. The van der Waals surface area contributed by atoms with E-state index in [2.05, 4.69) is 9.71 Å². The monoisotopic (exact) mass is 423 g/mol. The number of sulfonamides is 2. The fourth-order valence-corrected chi connectivity index (χ4v) is 5.96. The van der Waals surface area contributed by atoms with Crippen LogP contribution < -0.4 is 4.72 Å². The number of rotatable bonds is 7. The summed E-state index contributed by atoms with van der Waals surface area (Å²) in [6, 6.07) is 10.6. The zero-order chi connectivity index (χ0) is 20.2. The van der Waals surface area contributed by atoms with Gasteiger partial charge < -0.3 is 0 Å². The summed E-state index contributed by atoms with van der Waals surface area (Å²) >= 11 is 0. The molecule has 2 aromatic rings.